The number of aryl methyl sites for hydroxylation is 1. The summed E-state index contributed by atoms with van der Waals surface area (Å²) in [4.78, 5) is 7.04. The van der Waals surface area contributed by atoms with Gasteiger partial charge in [-0.05, 0) is 17.9 Å². The standard InChI is InChI=1S/C11H8ClN3S/c1-15-6-8(14-7-15)2-3-9-11(12)10(16)4-5-13-9/h4-7H,1H3,(H,13,16). The van der Waals surface area contributed by atoms with Crippen LogP contribution in [-0.2, 0) is 7.05 Å². The lowest BCUT2D eigenvalue weighted by Gasteiger charge is -1.94. The van der Waals surface area contributed by atoms with Crippen LogP contribution in [0.2, 0.25) is 5.02 Å². The van der Waals surface area contributed by atoms with Crippen molar-refractivity contribution in [3.63, 3.8) is 0 Å². The van der Waals surface area contributed by atoms with E-state index in [2.05, 4.69) is 21.8 Å². The first-order valence-corrected chi connectivity index (χ1v) is 5.32. The molecule has 0 aromatic carbocycles. The summed E-state index contributed by atoms with van der Waals surface area (Å²) in [6, 6.07) is 1.73. The second kappa shape index (κ2) is 4.52. The molecule has 80 valence electrons. The fraction of sp³-hybridized carbons (Fsp3) is 0.0909. The van der Waals surface area contributed by atoms with Crippen molar-refractivity contribution in [3.05, 3.63) is 45.7 Å². The number of halogens is 1. The summed E-state index contributed by atoms with van der Waals surface area (Å²) in [5.74, 6) is 5.81. The highest BCUT2D eigenvalue weighted by Crippen LogP contribution is 2.13. The van der Waals surface area contributed by atoms with E-state index in [0.29, 0.717) is 20.9 Å². The molecule has 0 radical (unpaired) electrons. The van der Waals surface area contributed by atoms with E-state index in [1.165, 1.54) is 0 Å². The van der Waals surface area contributed by atoms with Crippen molar-refractivity contribution in [2.45, 2.75) is 0 Å². The van der Waals surface area contributed by atoms with Crippen LogP contribution in [0, 0.1) is 16.4 Å². The minimum atomic E-state index is 0.473. The zero-order valence-electron chi connectivity index (χ0n) is 8.49. The number of pyridine rings is 1. The molecule has 0 aliphatic rings. The van der Waals surface area contributed by atoms with Gasteiger partial charge in [-0.2, -0.15) is 0 Å². The number of hydrogen-bond donors (Lipinski definition) is 1. The predicted octanol–water partition coefficient (Wildman–Crippen LogP) is 2.53. The molecule has 0 atom stereocenters. The first kappa shape index (κ1) is 10.9. The van der Waals surface area contributed by atoms with Gasteiger partial charge < -0.3 is 9.55 Å². The summed E-state index contributed by atoms with van der Waals surface area (Å²) < 4.78 is 2.42. The Bertz CT molecular complexity index is 630. The maximum Gasteiger partial charge on any atom is 0.131 e. The normalized spacial score (nSPS) is 9.62. The maximum atomic E-state index is 6.00. The number of aromatic amines is 1. The van der Waals surface area contributed by atoms with Gasteiger partial charge in [0.2, 0.25) is 0 Å². The fourth-order valence-corrected chi connectivity index (χ4v) is 1.49. The predicted molar refractivity (Wildman–Crippen MR) is 65.8 cm³/mol. The highest BCUT2D eigenvalue weighted by molar-refractivity contribution is 7.71. The van der Waals surface area contributed by atoms with Gasteiger partial charge in [0.1, 0.15) is 11.4 Å². The summed E-state index contributed by atoms with van der Waals surface area (Å²) >= 11 is 11.0. The second-order valence-corrected chi connectivity index (χ2v) is 4.02. The molecule has 2 aromatic rings. The Kier molecular flexibility index (Phi) is 3.09. The van der Waals surface area contributed by atoms with E-state index >= 15 is 0 Å². The molecule has 0 amide bonds. The lowest BCUT2D eigenvalue weighted by atomic mass is 10.3. The molecule has 0 saturated heterocycles. The third kappa shape index (κ3) is 2.32. The zero-order chi connectivity index (χ0) is 11.5. The van der Waals surface area contributed by atoms with E-state index in [-0.39, 0.29) is 0 Å². The molecule has 0 unspecified atom stereocenters. The van der Waals surface area contributed by atoms with Crippen molar-refractivity contribution < 1.29 is 0 Å². The SMILES string of the molecule is Cn1cnc(C#Cc2[nH]ccc(=S)c2Cl)c1. The van der Waals surface area contributed by atoms with E-state index in [9.17, 15) is 0 Å². The van der Waals surface area contributed by atoms with E-state index in [1.54, 1.807) is 18.6 Å². The van der Waals surface area contributed by atoms with Gasteiger partial charge in [-0.15, -0.1) is 0 Å². The number of imidazole rings is 1. The van der Waals surface area contributed by atoms with E-state index < -0.39 is 0 Å². The molecule has 16 heavy (non-hydrogen) atoms. The van der Waals surface area contributed by atoms with Gasteiger partial charge in [0.15, 0.2) is 0 Å². The van der Waals surface area contributed by atoms with Crippen molar-refractivity contribution in [1.82, 2.24) is 14.5 Å². The van der Waals surface area contributed by atoms with Crippen molar-refractivity contribution in [1.29, 1.82) is 0 Å². The number of H-pyrrole nitrogens is 1. The largest absolute Gasteiger partial charge is 0.354 e. The Labute approximate surface area is 103 Å². The molecule has 2 rings (SSSR count). The molecular formula is C11H8ClN3S. The van der Waals surface area contributed by atoms with Crippen molar-refractivity contribution in [3.8, 4) is 11.8 Å². The average Bonchev–Trinajstić information content (AvgIpc) is 2.67. The smallest absolute Gasteiger partial charge is 0.131 e. The van der Waals surface area contributed by atoms with Crippen LogP contribution in [0.1, 0.15) is 11.4 Å². The molecule has 0 saturated carbocycles. The van der Waals surface area contributed by atoms with Crippen LogP contribution < -0.4 is 0 Å². The molecule has 3 nitrogen and oxygen atoms in total. The van der Waals surface area contributed by atoms with Crippen LogP contribution in [-0.4, -0.2) is 14.5 Å². The van der Waals surface area contributed by atoms with Crippen LogP contribution in [0.4, 0.5) is 0 Å². The van der Waals surface area contributed by atoms with Crippen LogP contribution in [0.25, 0.3) is 0 Å². The third-order valence-electron chi connectivity index (χ3n) is 1.92. The number of hydrogen-bond acceptors (Lipinski definition) is 2. The summed E-state index contributed by atoms with van der Waals surface area (Å²) in [7, 11) is 1.89. The van der Waals surface area contributed by atoms with Crippen LogP contribution in [0.5, 0.6) is 0 Å². The second-order valence-electron chi connectivity index (χ2n) is 3.21. The minimum absolute atomic E-state index is 0.473. The number of nitrogens with one attached hydrogen (secondary N) is 1. The minimum Gasteiger partial charge on any atom is -0.354 e. The molecule has 1 N–H and O–H groups in total. The molecule has 5 heteroatoms. The zero-order valence-corrected chi connectivity index (χ0v) is 10.1. The van der Waals surface area contributed by atoms with Gasteiger partial charge >= 0.3 is 0 Å². The van der Waals surface area contributed by atoms with Gasteiger partial charge in [-0.1, -0.05) is 23.8 Å². The van der Waals surface area contributed by atoms with E-state index in [4.69, 9.17) is 23.8 Å². The Balaban J connectivity index is 2.38. The van der Waals surface area contributed by atoms with Crippen LogP contribution in [0.3, 0.4) is 0 Å². The highest BCUT2D eigenvalue weighted by atomic mass is 35.5. The maximum absolute atomic E-state index is 6.00. The van der Waals surface area contributed by atoms with E-state index in [1.807, 2.05) is 17.8 Å². The monoisotopic (exact) mass is 249 g/mol. The Hall–Kier alpha value is -1.57. The third-order valence-corrected chi connectivity index (χ3v) is 2.76. The summed E-state index contributed by atoms with van der Waals surface area (Å²) in [5.41, 5.74) is 1.31. The average molecular weight is 250 g/mol. The summed E-state index contributed by atoms with van der Waals surface area (Å²) in [6.45, 7) is 0. The first-order chi connectivity index (χ1) is 7.66. The topological polar surface area (TPSA) is 33.6 Å². The lowest BCUT2D eigenvalue weighted by molar-refractivity contribution is 0.913. The number of rotatable bonds is 0. The Morgan fingerprint density at radius 1 is 1.50 bits per heavy atom. The lowest BCUT2D eigenvalue weighted by Crippen LogP contribution is -1.84. The summed E-state index contributed by atoms with van der Waals surface area (Å²) in [5, 5.41) is 0.473. The quantitative estimate of drug-likeness (QED) is 0.575. The van der Waals surface area contributed by atoms with Crippen molar-refractivity contribution in [2.24, 2.45) is 7.05 Å². The summed E-state index contributed by atoms with van der Waals surface area (Å²) in [6.07, 6.45) is 5.24. The molecular weight excluding hydrogens is 242 g/mol. The molecule has 0 aliphatic carbocycles. The number of aromatic nitrogens is 3. The van der Waals surface area contributed by atoms with Crippen molar-refractivity contribution >= 4 is 23.8 Å². The van der Waals surface area contributed by atoms with Crippen LogP contribution in [0.15, 0.2) is 24.8 Å². The van der Waals surface area contributed by atoms with Crippen molar-refractivity contribution in [2.75, 3.05) is 0 Å². The molecule has 2 aromatic heterocycles. The molecule has 0 fully saturated rings. The molecule has 0 aliphatic heterocycles. The molecule has 0 bridgehead atoms. The first-order valence-electron chi connectivity index (χ1n) is 4.54. The Morgan fingerprint density at radius 2 is 2.31 bits per heavy atom. The fourth-order valence-electron chi connectivity index (χ4n) is 1.16. The highest BCUT2D eigenvalue weighted by Gasteiger charge is 1.97. The van der Waals surface area contributed by atoms with Gasteiger partial charge in [0.05, 0.1) is 15.9 Å². The van der Waals surface area contributed by atoms with E-state index in [0.717, 1.165) is 0 Å². The van der Waals surface area contributed by atoms with Gasteiger partial charge in [0.25, 0.3) is 0 Å². The van der Waals surface area contributed by atoms with Crippen LogP contribution >= 0.6 is 23.8 Å². The van der Waals surface area contributed by atoms with Gasteiger partial charge in [-0.25, -0.2) is 4.98 Å². The number of nitrogens with zero attached hydrogens (tertiary/aromatic N) is 2. The molecule has 0 spiro atoms. The Morgan fingerprint density at radius 3 is 3.00 bits per heavy atom. The van der Waals surface area contributed by atoms with Gasteiger partial charge in [0, 0.05) is 19.4 Å². The van der Waals surface area contributed by atoms with Gasteiger partial charge in [-0.3, -0.25) is 0 Å². The molecule has 2 heterocycles.